The third-order valence-electron chi connectivity index (χ3n) is 3.01. The van der Waals surface area contributed by atoms with Gasteiger partial charge in [0.25, 0.3) is 0 Å². The Kier molecular flexibility index (Phi) is 11.3. The highest BCUT2D eigenvalue weighted by Crippen LogP contribution is 2.12. The van der Waals surface area contributed by atoms with Crippen LogP contribution in [0.4, 0.5) is 0 Å². The smallest absolute Gasteiger partial charge is 0.0325 e. The van der Waals surface area contributed by atoms with Gasteiger partial charge in [0.15, 0.2) is 0 Å². The summed E-state index contributed by atoms with van der Waals surface area (Å²) in [5.74, 6) is 0.870. The fraction of sp³-hybridized carbons (Fsp3) is 0.750. The van der Waals surface area contributed by atoms with E-state index in [0.29, 0.717) is 0 Å². The second kappa shape index (κ2) is 11.8. The molecular weight excluding hydrogens is 206 g/mol. The standard InChI is InChI=1S/C16H31N/c1-5-14-17-16(4)13-11-9-7-6-8-10-12-15(2)3/h5,15,17H,1,4,6-14H2,2-3H3. The van der Waals surface area contributed by atoms with Crippen LogP contribution in [0.2, 0.25) is 0 Å². The second-order valence-corrected chi connectivity index (χ2v) is 5.33. The molecule has 0 saturated carbocycles. The number of rotatable bonds is 12. The Morgan fingerprint density at radius 3 is 2.24 bits per heavy atom. The molecule has 0 amide bonds. The first kappa shape index (κ1) is 16.3. The van der Waals surface area contributed by atoms with Crippen LogP contribution >= 0.6 is 0 Å². The lowest BCUT2D eigenvalue weighted by atomic mass is 10.0. The summed E-state index contributed by atoms with van der Waals surface area (Å²) in [6.45, 7) is 13.1. The molecule has 0 fully saturated rings. The van der Waals surface area contributed by atoms with Gasteiger partial charge in [-0.05, 0) is 18.8 Å². The molecule has 0 aromatic rings. The number of hydrogen-bond acceptors (Lipinski definition) is 1. The summed E-state index contributed by atoms with van der Waals surface area (Å²) in [5, 5.41) is 3.24. The fourth-order valence-electron chi connectivity index (χ4n) is 1.90. The molecular formula is C16H31N. The number of hydrogen-bond donors (Lipinski definition) is 1. The summed E-state index contributed by atoms with van der Waals surface area (Å²) in [6.07, 6.45) is 12.6. The lowest BCUT2D eigenvalue weighted by Gasteiger charge is -2.07. The molecule has 0 spiro atoms. The average molecular weight is 237 g/mol. The van der Waals surface area contributed by atoms with E-state index in [1.54, 1.807) is 0 Å². The van der Waals surface area contributed by atoms with Crippen LogP contribution in [0.1, 0.15) is 65.2 Å². The van der Waals surface area contributed by atoms with Gasteiger partial charge in [-0.1, -0.05) is 65.0 Å². The van der Waals surface area contributed by atoms with E-state index in [9.17, 15) is 0 Å². The maximum Gasteiger partial charge on any atom is 0.0325 e. The zero-order valence-corrected chi connectivity index (χ0v) is 11.9. The monoisotopic (exact) mass is 237 g/mol. The Hall–Kier alpha value is -0.720. The highest BCUT2D eigenvalue weighted by molar-refractivity contribution is 4.92. The summed E-state index contributed by atoms with van der Waals surface area (Å²) in [4.78, 5) is 0. The van der Waals surface area contributed by atoms with Crippen molar-refractivity contribution in [3.8, 4) is 0 Å². The van der Waals surface area contributed by atoms with Crippen molar-refractivity contribution in [3.63, 3.8) is 0 Å². The lowest BCUT2D eigenvalue weighted by molar-refractivity contribution is 0.511. The van der Waals surface area contributed by atoms with Crippen molar-refractivity contribution in [1.29, 1.82) is 0 Å². The highest BCUT2D eigenvalue weighted by atomic mass is 14.9. The maximum absolute atomic E-state index is 4.00. The van der Waals surface area contributed by atoms with Gasteiger partial charge < -0.3 is 5.32 Å². The van der Waals surface area contributed by atoms with Crippen LogP contribution < -0.4 is 5.32 Å². The van der Waals surface area contributed by atoms with E-state index < -0.39 is 0 Å². The lowest BCUT2D eigenvalue weighted by Crippen LogP contribution is -2.11. The van der Waals surface area contributed by atoms with Crippen molar-refractivity contribution in [2.45, 2.75) is 65.2 Å². The molecule has 0 unspecified atom stereocenters. The van der Waals surface area contributed by atoms with Gasteiger partial charge in [0.1, 0.15) is 0 Å². The fourth-order valence-corrected chi connectivity index (χ4v) is 1.90. The molecule has 0 rings (SSSR count). The minimum Gasteiger partial charge on any atom is -0.385 e. The molecule has 1 heteroatoms. The quantitative estimate of drug-likeness (QED) is 0.370. The van der Waals surface area contributed by atoms with Gasteiger partial charge in [-0.2, -0.15) is 0 Å². The Labute approximate surface area is 108 Å². The van der Waals surface area contributed by atoms with Gasteiger partial charge in [-0.25, -0.2) is 0 Å². The van der Waals surface area contributed by atoms with Crippen molar-refractivity contribution in [2.75, 3.05) is 6.54 Å². The van der Waals surface area contributed by atoms with Gasteiger partial charge in [0.2, 0.25) is 0 Å². The maximum atomic E-state index is 4.00. The Bertz CT molecular complexity index is 194. The molecule has 0 saturated heterocycles. The van der Waals surface area contributed by atoms with Crippen LogP contribution in [0.15, 0.2) is 24.9 Å². The predicted molar refractivity (Wildman–Crippen MR) is 79.1 cm³/mol. The topological polar surface area (TPSA) is 12.0 Å². The largest absolute Gasteiger partial charge is 0.385 e. The average Bonchev–Trinajstić information content (AvgIpc) is 2.29. The SMILES string of the molecule is C=CCNC(=C)CCCCCCCCC(C)C. The minimum absolute atomic E-state index is 0.841. The first-order chi connectivity index (χ1) is 8.16. The van der Waals surface area contributed by atoms with Crippen molar-refractivity contribution in [2.24, 2.45) is 5.92 Å². The van der Waals surface area contributed by atoms with E-state index in [2.05, 4.69) is 32.3 Å². The molecule has 0 aromatic carbocycles. The number of allylic oxidation sites excluding steroid dienone is 1. The zero-order chi connectivity index (χ0) is 12.9. The van der Waals surface area contributed by atoms with Crippen molar-refractivity contribution < 1.29 is 0 Å². The molecule has 0 aliphatic heterocycles. The second-order valence-electron chi connectivity index (χ2n) is 5.33. The molecule has 0 aliphatic carbocycles. The first-order valence-corrected chi connectivity index (χ1v) is 7.19. The number of unbranched alkanes of at least 4 members (excludes halogenated alkanes) is 5. The molecule has 0 bridgehead atoms. The molecule has 0 aliphatic rings. The van der Waals surface area contributed by atoms with Crippen molar-refractivity contribution >= 4 is 0 Å². The Balaban J connectivity index is 3.12. The predicted octanol–water partition coefficient (Wildman–Crippen LogP) is 5.05. The molecule has 17 heavy (non-hydrogen) atoms. The summed E-state index contributed by atoms with van der Waals surface area (Å²) in [6, 6.07) is 0. The minimum atomic E-state index is 0.841. The summed E-state index contributed by atoms with van der Waals surface area (Å²) in [7, 11) is 0. The van der Waals surface area contributed by atoms with Crippen LogP contribution in [-0.4, -0.2) is 6.54 Å². The molecule has 0 radical (unpaired) electrons. The molecule has 0 atom stereocenters. The van der Waals surface area contributed by atoms with E-state index in [1.807, 2.05) is 6.08 Å². The third kappa shape index (κ3) is 13.2. The molecule has 0 heterocycles. The van der Waals surface area contributed by atoms with E-state index in [1.165, 1.54) is 44.9 Å². The van der Waals surface area contributed by atoms with Crippen LogP contribution in [-0.2, 0) is 0 Å². The van der Waals surface area contributed by atoms with Gasteiger partial charge >= 0.3 is 0 Å². The van der Waals surface area contributed by atoms with Crippen molar-refractivity contribution in [1.82, 2.24) is 5.32 Å². The van der Waals surface area contributed by atoms with E-state index in [4.69, 9.17) is 0 Å². The normalized spacial score (nSPS) is 10.5. The number of nitrogens with one attached hydrogen (secondary N) is 1. The van der Waals surface area contributed by atoms with Gasteiger partial charge in [-0.15, -0.1) is 6.58 Å². The van der Waals surface area contributed by atoms with Crippen LogP contribution in [0, 0.1) is 5.92 Å². The first-order valence-electron chi connectivity index (χ1n) is 7.19. The summed E-state index contributed by atoms with van der Waals surface area (Å²) in [5.41, 5.74) is 1.16. The van der Waals surface area contributed by atoms with Gasteiger partial charge in [-0.3, -0.25) is 0 Å². The molecule has 0 aromatic heterocycles. The van der Waals surface area contributed by atoms with Gasteiger partial charge in [0.05, 0.1) is 0 Å². The Morgan fingerprint density at radius 1 is 1.06 bits per heavy atom. The summed E-state index contributed by atoms with van der Waals surface area (Å²) >= 11 is 0. The third-order valence-corrected chi connectivity index (χ3v) is 3.01. The Morgan fingerprint density at radius 2 is 1.65 bits per heavy atom. The molecule has 100 valence electrons. The van der Waals surface area contributed by atoms with Crippen LogP contribution in [0.3, 0.4) is 0 Å². The van der Waals surface area contributed by atoms with Gasteiger partial charge in [0, 0.05) is 12.2 Å². The molecule has 1 N–H and O–H groups in total. The zero-order valence-electron chi connectivity index (χ0n) is 11.9. The van der Waals surface area contributed by atoms with E-state index in [-0.39, 0.29) is 0 Å². The van der Waals surface area contributed by atoms with E-state index >= 15 is 0 Å². The van der Waals surface area contributed by atoms with Crippen LogP contribution in [0.25, 0.3) is 0 Å². The van der Waals surface area contributed by atoms with Crippen LogP contribution in [0.5, 0.6) is 0 Å². The molecule has 1 nitrogen and oxygen atoms in total. The highest BCUT2D eigenvalue weighted by Gasteiger charge is 1.96. The van der Waals surface area contributed by atoms with E-state index in [0.717, 1.165) is 24.6 Å². The summed E-state index contributed by atoms with van der Waals surface area (Å²) < 4.78 is 0. The van der Waals surface area contributed by atoms with Crippen molar-refractivity contribution in [3.05, 3.63) is 24.9 Å².